The molecule has 0 aromatic heterocycles. The van der Waals surface area contributed by atoms with Gasteiger partial charge >= 0.3 is 0 Å². The second kappa shape index (κ2) is 7.79. The summed E-state index contributed by atoms with van der Waals surface area (Å²) in [6.07, 6.45) is 0. The summed E-state index contributed by atoms with van der Waals surface area (Å²) in [5.74, 6) is 0. The van der Waals surface area contributed by atoms with Gasteiger partial charge in [-0.05, 0) is 67.5 Å². The average Bonchev–Trinajstić information content (AvgIpc) is 2.33. The van der Waals surface area contributed by atoms with Crippen molar-refractivity contribution in [2.45, 2.75) is 79.6 Å². The number of hydrogen-bond acceptors (Lipinski definition) is 2. The topological polar surface area (TPSA) is 6.48 Å². The smallest absolute Gasteiger partial charge is 0.0624 e. The maximum atomic E-state index is 6.33. The van der Waals surface area contributed by atoms with Crippen LogP contribution in [0.2, 0.25) is 10.0 Å². The molecule has 0 saturated heterocycles. The molecule has 0 aliphatic carbocycles. The highest BCUT2D eigenvalue weighted by Crippen LogP contribution is 2.40. The lowest BCUT2D eigenvalue weighted by Crippen LogP contribution is -2.41. The van der Waals surface area contributed by atoms with Gasteiger partial charge in [0.2, 0.25) is 0 Å². The van der Waals surface area contributed by atoms with E-state index >= 15 is 0 Å². The van der Waals surface area contributed by atoms with Gasteiger partial charge < -0.3 is 9.80 Å². The quantitative estimate of drug-likeness (QED) is 0.602. The highest BCUT2D eigenvalue weighted by atomic mass is 35.5. The molecule has 0 amide bonds. The number of nitrogens with zero attached hydrogens (tertiary/aromatic N) is 2. The summed E-state index contributed by atoms with van der Waals surface area (Å²) in [6, 6.07) is 5.57. The predicted molar refractivity (Wildman–Crippen MR) is 102 cm³/mol. The van der Waals surface area contributed by atoms with Crippen molar-refractivity contribution in [2.75, 3.05) is 9.80 Å². The monoisotopic (exact) mass is 344 g/mol. The number of benzene rings is 1. The first-order valence-corrected chi connectivity index (χ1v) is 8.89. The third-order valence-electron chi connectivity index (χ3n) is 3.80. The van der Waals surface area contributed by atoms with Crippen LogP contribution in [0.15, 0.2) is 12.1 Å². The van der Waals surface area contributed by atoms with Crippen molar-refractivity contribution in [1.82, 2.24) is 0 Å². The molecule has 1 aromatic carbocycles. The normalized spacial score (nSPS) is 11.9. The van der Waals surface area contributed by atoms with Crippen LogP contribution in [0.25, 0.3) is 0 Å². The van der Waals surface area contributed by atoms with Gasteiger partial charge in [-0.1, -0.05) is 23.2 Å². The van der Waals surface area contributed by atoms with Crippen LogP contribution in [-0.4, -0.2) is 24.2 Å². The second-order valence-corrected chi connectivity index (χ2v) is 7.76. The molecular weight excluding hydrogens is 315 g/mol. The predicted octanol–water partition coefficient (Wildman–Crippen LogP) is 6.24. The Bertz CT molecular complexity index is 435. The average molecular weight is 345 g/mol. The highest BCUT2D eigenvalue weighted by Gasteiger charge is 2.25. The summed E-state index contributed by atoms with van der Waals surface area (Å²) in [4.78, 5) is 4.80. The molecule has 0 radical (unpaired) electrons. The van der Waals surface area contributed by atoms with E-state index in [0.29, 0.717) is 34.2 Å². The SMILES string of the molecule is CC(C)N(c1cc(Cl)c(Cl)cc1N(C(C)C)C(C)C)C(C)C. The number of halogens is 2. The summed E-state index contributed by atoms with van der Waals surface area (Å²) in [5.41, 5.74) is 2.31. The van der Waals surface area contributed by atoms with E-state index in [1.807, 2.05) is 12.1 Å². The van der Waals surface area contributed by atoms with Gasteiger partial charge in [-0.2, -0.15) is 0 Å². The van der Waals surface area contributed by atoms with E-state index < -0.39 is 0 Å². The molecule has 0 atom stereocenters. The van der Waals surface area contributed by atoms with Gasteiger partial charge in [-0.25, -0.2) is 0 Å². The Hall–Kier alpha value is -0.600. The van der Waals surface area contributed by atoms with E-state index in [-0.39, 0.29) is 0 Å². The molecule has 1 rings (SSSR count). The maximum Gasteiger partial charge on any atom is 0.0624 e. The maximum absolute atomic E-state index is 6.33. The lowest BCUT2D eigenvalue weighted by Gasteiger charge is -2.40. The number of rotatable bonds is 6. The first-order valence-electron chi connectivity index (χ1n) is 8.13. The highest BCUT2D eigenvalue weighted by molar-refractivity contribution is 6.42. The van der Waals surface area contributed by atoms with Crippen LogP contribution in [0.5, 0.6) is 0 Å². The molecule has 0 aliphatic heterocycles. The van der Waals surface area contributed by atoms with Gasteiger partial charge in [-0.3, -0.25) is 0 Å². The van der Waals surface area contributed by atoms with Crippen molar-refractivity contribution in [3.05, 3.63) is 22.2 Å². The van der Waals surface area contributed by atoms with E-state index in [0.717, 1.165) is 11.4 Å². The van der Waals surface area contributed by atoms with Gasteiger partial charge in [0.25, 0.3) is 0 Å². The summed E-state index contributed by atoms with van der Waals surface area (Å²) in [6.45, 7) is 17.7. The first-order chi connectivity index (χ1) is 10.1. The Balaban J connectivity index is 3.58. The molecule has 0 N–H and O–H groups in total. The second-order valence-electron chi connectivity index (χ2n) is 6.94. The molecule has 0 saturated carbocycles. The van der Waals surface area contributed by atoms with Gasteiger partial charge in [-0.15, -0.1) is 0 Å². The van der Waals surface area contributed by atoms with Crippen LogP contribution < -0.4 is 9.80 Å². The fraction of sp³-hybridized carbons (Fsp3) is 0.667. The molecule has 0 unspecified atom stereocenters. The molecule has 126 valence electrons. The zero-order valence-corrected chi connectivity index (χ0v) is 16.6. The zero-order valence-electron chi connectivity index (χ0n) is 15.1. The Morgan fingerprint density at radius 1 is 0.591 bits per heavy atom. The minimum atomic E-state index is 0.386. The van der Waals surface area contributed by atoms with Crippen LogP contribution >= 0.6 is 23.2 Å². The van der Waals surface area contributed by atoms with Crippen molar-refractivity contribution in [2.24, 2.45) is 0 Å². The van der Waals surface area contributed by atoms with Gasteiger partial charge in [0.1, 0.15) is 0 Å². The first kappa shape index (κ1) is 19.4. The summed E-state index contributed by atoms with van der Waals surface area (Å²) in [5, 5.41) is 1.22. The fourth-order valence-corrected chi connectivity index (χ4v) is 3.56. The van der Waals surface area contributed by atoms with Gasteiger partial charge in [0.15, 0.2) is 0 Å². The minimum Gasteiger partial charge on any atom is -0.365 e. The molecule has 4 heteroatoms. The molecule has 0 fully saturated rings. The molecule has 0 aliphatic rings. The lowest BCUT2D eigenvalue weighted by molar-refractivity contribution is 0.587. The van der Waals surface area contributed by atoms with Crippen molar-refractivity contribution < 1.29 is 0 Å². The third kappa shape index (κ3) is 4.23. The van der Waals surface area contributed by atoms with E-state index in [1.165, 1.54) is 0 Å². The Labute approximate surface area is 146 Å². The third-order valence-corrected chi connectivity index (χ3v) is 4.52. The standard InChI is InChI=1S/C18H30Cl2N2/c1-11(2)21(12(3)4)17-9-15(19)16(20)10-18(17)22(13(5)6)14(7)8/h9-14H,1-8H3. The van der Waals surface area contributed by atoms with E-state index in [4.69, 9.17) is 23.2 Å². The molecular formula is C18H30Cl2N2. The molecule has 2 nitrogen and oxygen atoms in total. The summed E-state index contributed by atoms with van der Waals surface area (Å²) in [7, 11) is 0. The summed E-state index contributed by atoms with van der Waals surface area (Å²) < 4.78 is 0. The number of hydrogen-bond donors (Lipinski definition) is 0. The largest absolute Gasteiger partial charge is 0.365 e. The number of anilines is 2. The van der Waals surface area contributed by atoms with Crippen LogP contribution in [0, 0.1) is 0 Å². The van der Waals surface area contributed by atoms with Crippen molar-refractivity contribution in [1.29, 1.82) is 0 Å². The molecule has 1 aromatic rings. The molecule has 0 heterocycles. The molecule has 0 bridgehead atoms. The van der Waals surface area contributed by atoms with Gasteiger partial charge in [0.05, 0.1) is 21.4 Å². The van der Waals surface area contributed by atoms with Crippen LogP contribution in [0.3, 0.4) is 0 Å². The van der Waals surface area contributed by atoms with Crippen molar-refractivity contribution >= 4 is 34.6 Å². The van der Waals surface area contributed by atoms with E-state index in [9.17, 15) is 0 Å². The lowest BCUT2D eigenvalue weighted by atomic mass is 10.1. The van der Waals surface area contributed by atoms with Crippen LogP contribution in [-0.2, 0) is 0 Å². The minimum absolute atomic E-state index is 0.386. The molecule has 22 heavy (non-hydrogen) atoms. The van der Waals surface area contributed by atoms with Crippen molar-refractivity contribution in [3.63, 3.8) is 0 Å². The fourth-order valence-electron chi connectivity index (χ4n) is 3.24. The van der Waals surface area contributed by atoms with Crippen molar-refractivity contribution in [3.8, 4) is 0 Å². The molecule has 0 spiro atoms. The summed E-state index contributed by atoms with van der Waals surface area (Å²) >= 11 is 12.7. The Morgan fingerprint density at radius 3 is 1.00 bits per heavy atom. The Morgan fingerprint density at radius 2 is 0.818 bits per heavy atom. The van der Waals surface area contributed by atoms with Crippen LogP contribution in [0.1, 0.15) is 55.4 Å². The van der Waals surface area contributed by atoms with E-state index in [2.05, 4.69) is 65.2 Å². The van der Waals surface area contributed by atoms with Crippen LogP contribution in [0.4, 0.5) is 11.4 Å². The Kier molecular flexibility index (Phi) is 6.88. The zero-order chi connectivity index (χ0) is 17.2. The van der Waals surface area contributed by atoms with E-state index in [1.54, 1.807) is 0 Å². The van der Waals surface area contributed by atoms with Gasteiger partial charge in [0, 0.05) is 24.2 Å².